The Morgan fingerprint density at radius 2 is 1.55 bits per heavy atom. The van der Waals surface area contributed by atoms with Gasteiger partial charge in [-0.3, -0.25) is 14.4 Å². The molecule has 0 N–H and O–H groups in total. The number of hydrogen-bond donors (Lipinski definition) is 0. The molecule has 126 valence electrons. The van der Waals surface area contributed by atoms with Gasteiger partial charge in [-0.2, -0.15) is 0 Å². The second-order valence-electron chi connectivity index (χ2n) is 5.09. The fraction of sp³-hybridized carbons (Fsp3) is 0.786. The van der Waals surface area contributed by atoms with Gasteiger partial charge in [0, 0.05) is 26.7 Å². The molecule has 0 radical (unpaired) electrons. The smallest absolute Gasteiger partial charge is 0.303 e. The van der Waals surface area contributed by atoms with E-state index in [2.05, 4.69) is 0 Å². The highest BCUT2D eigenvalue weighted by atomic mass is 32.2. The van der Waals surface area contributed by atoms with Crippen molar-refractivity contribution in [1.29, 1.82) is 0 Å². The van der Waals surface area contributed by atoms with Crippen molar-refractivity contribution in [3.8, 4) is 0 Å². The van der Waals surface area contributed by atoms with Crippen LogP contribution < -0.4 is 0 Å². The van der Waals surface area contributed by atoms with E-state index in [1.54, 1.807) is 0 Å². The molecular formula is C14H22O7S. The second kappa shape index (κ2) is 8.38. The molecule has 1 aliphatic rings. The van der Waals surface area contributed by atoms with Crippen molar-refractivity contribution < 1.29 is 33.3 Å². The standard InChI is InChI=1S/C14H22O7S/c1-7-12(19-9(3)16)13(20-10(4)17)11(6-18-8(2)15)21-14(7)22-5/h7,11-14H,6H2,1-5H3/t7?,11?,12-,13+,14+/m1/s1. The summed E-state index contributed by atoms with van der Waals surface area (Å²) in [6.07, 6.45) is -0.306. The van der Waals surface area contributed by atoms with Crippen LogP contribution in [0.5, 0.6) is 0 Å². The molecule has 1 rings (SSSR count). The molecule has 0 aromatic carbocycles. The number of hydrogen-bond acceptors (Lipinski definition) is 8. The van der Waals surface area contributed by atoms with Gasteiger partial charge < -0.3 is 18.9 Å². The molecule has 2 unspecified atom stereocenters. The van der Waals surface area contributed by atoms with Crippen LogP contribution >= 0.6 is 11.8 Å². The van der Waals surface area contributed by atoms with E-state index >= 15 is 0 Å². The van der Waals surface area contributed by atoms with Gasteiger partial charge in [-0.1, -0.05) is 6.92 Å². The number of carbonyl (C=O) groups excluding carboxylic acids is 3. The molecule has 22 heavy (non-hydrogen) atoms. The van der Waals surface area contributed by atoms with Gasteiger partial charge in [-0.15, -0.1) is 11.8 Å². The van der Waals surface area contributed by atoms with E-state index in [1.807, 2.05) is 13.2 Å². The fourth-order valence-corrected chi connectivity index (χ4v) is 3.18. The van der Waals surface area contributed by atoms with Crippen LogP contribution in [0.4, 0.5) is 0 Å². The van der Waals surface area contributed by atoms with Gasteiger partial charge in [0.2, 0.25) is 0 Å². The molecule has 0 aromatic heterocycles. The average molecular weight is 334 g/mol. The normalized spacial score (nSPS) is 31.2. The Hall–Kier alpha value is -1.28. The number of thioether (sulfide) groups is 1. The van der Waals surface area contributed by atoms with Crippen molar-refractivity contribution in [3.63, 3.8) is 0 Å². The van der Waals surface area contributed by atoms with Crippen LogP contribution in [0.15, 0.2) is 0 Å². The van der Waals surface area contributed by atoms with Gasteiger partial charge in [-0.05, 0) is 6.26 Å². The Kier molecular flexibility index (Phi) is 7.15. The summed E-state index contributed by atoms with van der Waals surface area (Å²) in [7, 11) is 0. The summed E-state index contributed by atoms with van der Waals surface area (Å²) < 4.78 is 21.4. The minimum absolute atomic E-state index is 0.0746. The highest BCUT2D eigenvalue weighted by Crippen LogP contribution is 2.35. The lowest BCUT2D eigenvalue weighted by molar-refractivity contribution is -0.217. The minimum Gasteiger partial charge on any atom is -0.463 e. The molecular weight excluding hydrogens is 312 g/mol. The quantitative estimate of drug-likeness (QED) is 0.546. The summed E-state index contributed by atoms with van der Waals surface area (Å²) in [6.45, 7) is 5.62. The van der Waals surface area contributed by atoms with Gasteiger partial charge in [-0.25, -0.2) is 0 Å². The summed E-state index contributed by atoms with van der Waals surface area (Å²) in [5.74, 6) is -1.64. The van der Waals surface area contributed by atoms with Gasteiger partial charge in [0.1, 0.15) is 24.3 Å². The Bertz CT molecular complexity index is 425. The second-order valence-corrected chi connectivity index (χ2v) is 6.02. The first-order chi connectivity index (χ1) is 10.3. The zero-order chi connectivity index (χ0) is 16.9. The third-order valence-corrected chi connectivity index (χ3v) is 4.24. The molecule has 1 fully saturated rings. The topological polar surface area (TPSA) is 88.1 Å². The fourth-order valence-electron chi connectivity index (χ4n) is 2.34. The molecule has 0 aliphatic carbocycles. The maximum Gasteiger partial charge on any atom is 0.303 e. The summed E-state index contributed by atoms with van der Waals surface area (Å²) in [5.41, 5.74) is -0.267. The number of carbonyl (C=O) groups is 3. The Morgan fingerprint density at radius 3 is 2.00 bits per heavy atom. The highest BCUT2D eigenvalue weighted by Gasteiger charge is 2.47. The van der Waals surface area contributed by atoms with E-state index < -0.39 is 36.2 Å². The summed E-state index contributed by atoms with van der Waals surface area (Å²) >= 11 is 1.45. The lowest BCUT2D eigenvalue weighted by Crippen LogP contribution is -2.57. The number of rotatable bonds is 5. The third-order valence-electron chi connectivity index (χ3n) is 3.23. The minimum atomic E-state index is -0.820. The third kappa shape index (κ3) is 5.17. The van der Waals surface area contributed by atoms with E-state index in [-0.39, 0.29) is 18.0 Å². The molecule has 7 nitrogen and oxygen atoms in total. The SMILES string of the molecule is CS[C@@H]1OC(COC(C)=O)[C@H](OC(C)=O)[C@H](OC(C)=O)C1C. The van der Waals surface area contributed by atoms with Crippen molar-refractivity contribution in [3.05, 3.63) is 0 Å². The van der Waals surface area contributed by atoms with Crippen LogP contribution in [0.1, 0.15) is 27.7 Å². The van der Waals surface area contributed by atoms with Crippen LogP contribution in [-0.2, 0) is 33.3 Å². The van der Waals surface area contributed by atoms with Gasteiger partial charge in [0.05, 0.1) is 0 Å². The first-order valence-electron chi connectivity index (χ1n) is 6.92. The lowest BCUT2D eigenvalue weighted by Gasteiger charge is -2.43. The van der Waals surface area contributed by atoms with E-state index in [0.29, 0.717) is 0 Å². The maximum atomic E-state index is 11.4. The number of esters is 3. The van der Waals surface area contributed by atoms with Crippen molar-refractivity contribution in [1.82, 2.24) is 0 Å². The highest BCUT2D eigenvalue weighted by molar-refractivity contribution is 7.99. The van der Waals surface area contributed by atoms with Crippen LogP contribution in [0.25, 0.3) is 0 Å². The van der Waals surface area contributed by atoms with Gasteiger partial charge >= 0.3 is 17.9 Å². The van der Waals surface area contributed by atoms with Gasteiger partial charge in [0.25, 0.3) is 0 Å². The van der Waals surface area contributed by atoms with Crippen molar-refractivity contribution >= 4 is 29.7 Å². The number of ether oxygens (including phenoxy) is 4. The van der Waals surface area contributed by atoms with E-state index in [0.717, 1.165) is 0 Å². The predicted molar refractivity (Wildman–Crippen MR) is 79.1 cm³/mol. The summed E-state index contributed by atoms with van der Waals surface area (Å²) in [6, 6.07) is 0. The van der Waals surface area contributed by atoms with Crippen molar-refractivity contribution in [2.45, 2.75) is 51.4 Å². The van der Waals surface area contributed by atoms with Crippen molar-refractivity contribution in [2.75, 3.05) is 12.9 Å². The first kappa shape index (κ1) is 18.8. The molecule has 0 amide bonds. The maximum absolute atomic E-state index is 11.4. The Morgan fingerprint density at radius 1 is 1.00 bits per heavy atom. The van der Waals surface area contributed by atoms with E-state index in [9.17, 15) is 14.4 Å². The summed E-state index contributed by atoms with van der Waals surface area (Å²) in [4.78, 5) is 33.7. The van der Waals surface area contributed by atoms with Crippen molar-refractivity contribution in [2.24, 2.45) is 5.92 Å². The molecule has 0 spiro atoms. The molecule has 5 atom stereocenters. The average Bonchev–Trinajstić information content (AvgIpc) is 2.41. The zero-order valence-corrected chi connectivity index (χ0v) is 14.2. The predicted octanol–water partition coefficient (Wildman–Crippen LogP) is 1.14. The van der Waals surface area contributed by atoms with Crippen LogP contribution in [-0.4, -0.2) is 54.5 Å². The monoisotopic (exact) mass is 334 g/mol. The molecule has 1 saturated heterocycles. The van der Waals surface area contributed by atoms with E-state index in [4.69, 9.17) is 18.9 Å². The van der Waals surface area contributed by atoms with Crippen LogP contribution in [0.3, 0.4) is 0 Å². The molecule has 0 saturated carbocycles. The van der Waals surface area contributed by atoms with Crippen LogP contribution in [0, 0.1) is 5.92 Å². The van der Waals surface area contributed by atoms with Crippen LogP contribution in [0.2, 0.25) is 0 Å². The zero-order valence-electron chi connectivity index (χ0n) is 13.4. The molecule has 0 aromatic rings. The van der Waals surface area contributed by atoms with E-state index in [1.165, 1.54) is 32.5 Å². The molecule has 1 heterocycles. The Balaban J connectivity index is 3.00. The Labute approximate surface area is 134 Å². The molecule has 1 aliphatic heterocycles. The van der Waals surface area contributed by atoms with Gasteiger partial charge in [0.15, 0.2) is 6.10 Å². The largest absolute Gasteiger partial charge is 0.463 e. The molecule has 0 bridgehead atoms. The first-order valence-corrected chi connectivity index (χ1v) is 8.21. The lowest BCUT2D eigenvalue weighted by atomic mass is 9.93. The molecule has 8 heteroatoms. The summed E-state index contributed by atoms with van der Waals surface area (Å²) in [5, 5.41) is 0.